The van der Waals surface area contributed by atoms with Gasteiger partial charge in [-0.3, -0.25) is 0 Å². The number of hydrogen-bond acceptors (Lipinski definition) is 7. The van der Waals surface area contributed by atoms with Crippen LogP contribution in [0.5, 0.6) is 5.75 Å². The Morgan fingerprint density at radius 2 is 2.06 bits per heavy atom. The van der Waals surface area contributed by atoms with Gasteiger partial charge in [0.15, 0.2) is 0 Å². The fourth-order valence-electron chi connectivity index (χ4n) is 3.33. The first-order chi connectivity index (χ1) is 14.9. The number of carbonyl (C=O) groups is 1. The minimum absolute atomic E-state index is 0.203. The summed E-state index contributed by atoms with van der Waals surface area (Å²) in [5.74, 6) is 0.446. The maximum atomic E-state index is 12.7. The lowest BCUT2D eigenvalue weighted by molar-refractivity contribution is -0.136. The minimum atomic E-state index is -0.660. The third-order valence-corrected chi connectivity index (χ3v) is 5.86. The van der Waals surface area contributed by atoms with Crippen molar-refractivity contribution in [3.63, 3.8) is 0 Å². The Morgan fingerprint density at radius 1 is 1.26 bits per heavy atom. The van der Waals surface area contributed by atoms with Crippen LogP contribution in [0.3, 0.4) is 0 Å². The Labute approximate surface area is 196 Å². The van der Waals surface area contributed by atoms with Crippen LogP contribution in [0, 0.1) is 0 Å². The highest BCUT2D eigenvalue weighted by molar-refractivity contribution is 9.10. The molecule has 0 aliphatic carbocycles. The van der Waals surface area contributed by atoms with Crippen LogP contribution in [-0.2, 0) is 16.1 Å². The maximum Gasteiger partial charge on any atom is 0.338 e. The number of ether oxygens (including phenoxy) is 2. The van der Waals surface area contributed by atoms with Crippen molar-refractivity contribution in [3.05, 3.63) is 73.3 Å². The zero-order valence-electron chi connectivity index (χ0n) is 16.4. The average molecular weight is 525 g/mol. The molecule has 160 valence electrons. The molecule has 1 atom stereocenters. The topological polar surface area (TPSA) is 91.2 Å². The molecule has 1 aromatic heterocycles. The molecule has 0 saturated carbocycles. The normalized spacial score (nSPS) is 15.3. The lowest BCUT2D eigenvalue weighted by atomic mass is 9.95. The Morgan fingerprint density at radius 3 is 2.81 bits per heavy atom. The second-order valence-electron chi connectivity index (χ2n) is 6.71. The average Bonchev–Trinajstić information content (AvgIpc) is 3.20. The van der Waals surface area contributed by atoms with Crippen molar-refractivity contribution < 1.29 is 14.3 Å². The number of carbonyl (C=O) groups excluding carboxylic acids is 1. The number of methoxy groups -OCH3 is 1. The largest absolute Gasteiger partial charge is 0.488 e. The molecule has 1 aliphatic heterocycles. The molecule has 4 rings (SSSR count). The number of halogens is 3. The van der Waals surface area contributed by atoms with Crippen molar-refractivity contribution in [2.75, 3.05) is 12.4 Å². The molecule has 1 unspecified atom stereocenters. The number of nitrogens with zero attached hydrogens (tertiary/aromatic N) is 4. The Bertz CT molecular complexity index is 1200. The van der Waals surface area contributed by atoms with E-state index >= 15 is 0 Å². The summed E-state index contributed by atoms with van der Waals surface area (Å²) >= 11 is 15.8. The number of fused-ring (bicyclic) bond motifs is 1. The van der Waals surface area contributed by atoms with Gasteiger partial charge in [-0.2, -0.15) is 4.68 Å². The number of esters is 1. The van der Waals surface area contributed by atoms with Crippen LogP contribution in [0.15, 0.2) is 52.1 Å². The molecule has 0 bridgehead atoms. The van der Waals surface area contributed by atoms with E-state index in [0.717, 1.165) is 10.0 Å². The van der Waals surface area contributed by atoms with Crippen molar-refractivity contribution in [2.45, 2.75) is 19.6 Å². The first-order valence-electron chi connectivity index (χ1n) is 9.09. The number of tetrazole rings is 1. The molecule has 0 fully saturated rings. The van der Waals surface area contributed by atoms with E-state index in [2.05, 4.69) is 36.8 Å². The first-order valence-corrected chi connectivity index (χ1v) is 10.6. The Kier molecular flexibility index (Phi) is 6.17. The van der Waals surface area contributed by atoms with Gasteiger partial charge in [-0.15, -0.1) is 0 Å². The van der Waals surface area contributed by atoms with E-state index in [9.17, 15) is 4.79 Å². The van der Waals surface area contributed by atoms with Gasteiger partial charge in [0, 0.05) is 31.3 Å². The monoisotopic (exact) mass is 523 g/mol. The van der Waals surface area contributed by atoms with Crippen molar-refractivity contribution >= 4 is 51.0 Å². The number of benzene rings is 2. The van der Waals surface area contributed by atoms with Gasteiger partial charge in [0.25, 0.3) is 0 Å². The van der Waals surface area contributed by atoms with Gasteiger partial charge in [0.2, 0.25) is 5.95 Å². The van der Waals surface area contributed by atoms with Crippen LogP contribution in [0.25, 0.3) is 0 Å². The molecule has 0 saturated heterocycles. The summed E-state index contributed by atoms with van der Waals surface area (Å²) in [6.45, 7) is 1.97. The quantitative estimate of drug-likeness (QED) is 0.480. The van der Waals surface area contributed by atoms with Crippen LogP contribution in [0.4, 0.5) is 5.95 Å². The maximum absolute atomic E-state index is 12.7. The minimum Gasteiger partial charge on any atom is -0.488 e. The molecule has 0 radical (unpaired) electrons. The molecule has 0 spiro atoms. The molecule has 1 aliphatic rings. The van der Waals surface area contributed by atoms with E-state index in [0.29, 0.717) is 38.6 Å². The van der Waals surface area contributed by atoms with Crippen LogP contribution < -0.4 is 10.1 Å². The van der Waals surface area contributed by atoms with Crippen LogP contribution >= 0.6 is 39.1 Å². The summed E-state index contributed by atoms with van der Waals surface area (Å²) < 4.78 is 13.5. The van der Waals surface area contributed by atoms with Gasteiger partial charge in [-0.05, 0) is 47.7 Å². The highest BCUT2D eigenvalue weighted by atomic mass is 79.9. The van der Waals surface area contributed by atoms with Gasteiger partial charge in [-0.25, -0.2) is 4.79 Å². The summed E-state index contributed by atoms with van der Waals surface area (Å²) in [5.41, 5.74) is 2.41. The van der Waals surface area contributed by atoms with Crippen LogP contribution in [0.2, 0.25) is 10.0 Å². The van der Waals surface area contributed by atoms with Gasteiger partial charge in [0.1, 0.15) is 18.4 Å². The van der Waals surface area contributed by atoms with Gasteiger partial charge in [-0.1, -0.05) is 50.3 Å². The molecule has 0 amide bonds. The number of rotatable bonds is 5. The number of hydrogen-bond donors (Lipinski definition) is 1. The smallest absolute Gasteiger partial charge is 0.338 e. The SMILES string of the molecule is COC(=O)C1=C(C)Nc2nnnn2C1c1cc(Br)ccc1OCc1ccc(Cl)cc1Cl. The molecule has 1 N–H and O–H groups in total. The van der Waals surface area contributed by atoms with Crippen LogP contribution in [-0.4, -0.2) is 33.3 Å². The predicted molar refractivity (Wildman–Crippen MR) is 119 cm³/mol. The second kappa shape index (κ2) is 8.86. The van der Waals surface area contributed by atoms with Crippen LogP contribution in [0.1, 0.15) is 24.1 Å². The van der Waals surface area contributed by atoms with E-state index in [1.165, 1.54) is 11.8 Å². The highest BCUT2D eigenvalue weighted by Gasteiger charge is 2.36. The van der Waals surface area contributed by atoms with Crippen molar-refractivity contribution in [1.29, 1.82) is 0 Å². The van der Waals surface area contributed by atoms with Crippen molar-refractivity contribution in [2.24, 2.45) is 0 Å². The van der Waals surface area contributed by atoms with E-state index in [-0.39, 0.29) is 6.61 Å². The molecule has 11 heteroatoms. The molecular formula is C20H16BrCl2N5O3. The third-order valence-electron chi connectivity index (χ3n) is 4.78. The molecule has 2 aromatic carbocycles. The molecule has 31 heavy (non-hydrogen) atoms. The highest BCUT2D eigenvalue weighted by Crippen LogP contribution is 2.40. The second-order valence-corrected chi connectivity index (χ2v) is 8.47. The number of allylic oxidation sites excluding steroid dienone is 1. The Balaban J connectivity index is 1.78. The third kappa shape index (κ3) is 4.26. The number of aromatic nitrogens is 4. The van der Waals surface area contributed by atoms with Gasteiger partial charge >= 0.3 is 5.97 Å². The van der Waals surface area contributed by atoms with Crippen molar-refractivity contribution in [3.8, 4) is 5.75 Å². The van der Waals surface area contributed by atoms with E-state index in [1.54, 1.807) is 31.2 Å². The fraction of sp³-hybridized carbons (Fsp3) is 0.200. The van der Waals surface area contributed by atoms with E-state index in [1.807, 2.05) is 12.1 Å². The predicted octanol–water partition coefficient (Wildman–Crippen LogP) is 4.78. The summed E-state index contributed by atoms with van der Waals surface area (Å²) in [7, 11) is 1.33. The number of anilines is 1. The summed E-state index contributed by atoms with van der Waals surface area (Å²) in [6.07, 6.45) is 0. The van der Waals surface area contributed by atoms with Gasteiger partial charge in [0.05, 0.1) is 12.7 Å². The lowest BCUT2D eigenvalue weighted by Gasteiger charge is -2.28. The number of nitrogens with one attached hydrogen (secondary N) is 1. The zero-order valence-corrected chi connectivity index (χ0v) is 19.5. The van der Waals surface area contributed by atoms with E-state index < -0.39 is 12.0 Å². The fourth-order valence-corrected chi connectivity index (χ4v) is 4.17. The molecule has 3 aromatic rings. The first kappa shape index (κ1) is 21.6. The molecule has 8 nitrogen and oxygen atoms in total. The molecular weight excluding hydrogens is 509 g/mol. The zero-order chi connectivity index (χ0) is 22.1. The summed E-state index contributed by atoms with van der Waals surface area (Å²) in [4.78, 5) is 12.7. The summed E-state index contributed by atoms with van der Waals surface area (Å²) in [6, 6.07) is 10.1. The Hall–Kier alpha value is -2.62. The molecule has 2 heterocycles. The van der Waals surface area contributed by atoms with E-state index in [4.69, 9.17) is 32.7 Å². The standard InChI is InChI=1S/C20H16BrCl2N5O3/c1-10-17(19(29)30-2)18(28-20(24-10)25-26-27-28)14-7-12(21)4-6-16(14)31-9-11-3-5-13(22)8-15(11)23/h3-8,18H,9H2,1-2H3,(H,24,25,27). The lowest BCUT2D eigenvalue weighted by Crippen LogP contribution is -2.29. The van der Waals surface area contributed by atoms with Gasteiger partial charge < -0.3 is 14.8 Å². The summed E-state index contributed by atoms with van der Waals surface area (Å²) in [5, 5.41) is 15.9. The van der Waals surface area contributed by atoms with Crippen molar-refractivity contribution in [1.82, 2.24) is 20.2 Å².